The highest BCUT2D eigenvalue weighted by Crippen LogP contribution is 2.22. The van der Waals surface area contributed by atoms with E-state index in [9.17, 15) is 9.59 Å². The minimum Gasteiger partial charge on any atom is -0.481 e. The molecule has 0 radical (unpaired) electrons. The number of carboxylic acid groups (broad SMARTS) is 1. The van der Waals surface area contributed by atoms with Crippen molar-refractivity contribution in [2.75, 3.05) is 0 Å². The van der Waals surface area contributed by atoms with Gasteiger partial charge in [-0.3, -0.25) is 9.59 Å². The highest BCUT2D eigenvalue weighted by Gasteiger charge is 2.19. The molecule has 1 aromatic carbocycles. The molecule has 0 bridgehead atoms. The monoisotopic (exact) mass is 382 g/mol. The van der Waals surface area contributed by atoms with Crippen molar-refractivity contribution in [1.29, 1.82) is 0 Å². The van der Waals surface area contributed by atoms with E-state index < -0.39 is 5.97 Å². The Balaban J connectivity index is 1.65. The van der Waals surface area contributed by atoms with Gasteiger partial charge in [0.15, 0.2) is 5.76 Å². The van der Waals surface area contributed by atoms with Gasteiger partial charge in [-0.2, -0.15) is 0 Å². The van der Waals surface area contributed by atoms with Gasteiger partial charge in [0.2, 0.25) is 5.91 Å². The zero-order chi connectivity index (χ0) is 19.9. The number of amides is 1. The Kier molecular flexibility index (Phi) is 6.26. The van der Waals surface area contributed by atoms with Gasteiger partial charge in [-0.25, -0.2) is 4.98 Å². The average molecular weight is 382 g/mol. The second-order valence-electron chi connectivity index (χ2n) is 6.56. The Morgan fingerprint density at radius 3 is 2.64 bits per heavy atom. The number of nitrogens with one attached hydrogen (secondary N) is 1. The molecular weight excluding hydrogens is 360 g/mol. The van der Waals surface area contributed by atoms with E-state index in [1.165, 1.54) is 6.26 Å². The summed E-state index contributed by atoms with van der Waals surface area (Å²) in [6.07, 6.45) is 2.48. The van der Waals surface area contributed by atoms with E-state index in [-0.39, 0.29) is 24.8 Å². The summed E-state index contributed by atoms with van der Waals surface area (Å²) in [5, 5.41) is 11.9. The lowest BCUT2D eigenvalue weighted by Gasteiger charge is -2.18. The SMILES string of the molecule is Cc1oc(-c2ccco2)nc1CC(=O)NC(CCC(=O)O)Cc1ccccc1. The highest BCUT2D eigenvalue weighted by atomic mass is 16.4. The Hall–Kier alpha value is -3.35. The van der Waals surface area contributed by atoms with Crippen molar-refractivity contribution >= 4 is 11.9 Å². The van der Waals surface area contributed by atoms with Crippen LogP contribution in [0.15, 0.2) is 57.6 Å². The first-order chi connectivity index (χ1) is 13.5. The molecule has 2 aromatic heterocycles. The molecule has 2 N–H and O–H groups in total. The number of aromatic nitrogens is 1. The van der Waals surface area contributed by atoms with Crippen molar-refractivity contribution in [3.63, 3.8) is 0 Å². The number of oxazole rings is 1. The number of benzene rings is 1. The van der Waals surface area contributed by atoms with E-state index in [1.54, 1.807) is 19.1 Å². The van der Waals surface area contributed by atoms with Crippen LogP contribution < -0.4 is 5.32 Å². The summed E-state index contributed by atoms with van der Waals surface area (Å²) in [5.74, 6) is 0.262. The highest BCUT2D eigenvalue weighted by molar-refractivity contribution is 5.79. The first-order valence-corrected chi connectivity index (χ1v) is 9.06. The van der Waals surface area contributed by atoms with E-state index in [4.69, 9.17) is 13.9 Å². The van der Waals surface area contributed by atoms with Crippen molar-refractivity contribution in [1.82, 2.24) is 10.3 Å². The zero-order valence-electron chi connectivity index (χ0n) is 15.6. The molecule has 2 heterocycles. The molecule has 28 heavy (non-hydrogen) atoms. The predicted octanol–water partition coefficient (Wildman–Crippen LogP) is 3.38. The van der Waals surface area contributed by atoms with Gasteiger partial charge in [-0.15, -0.1) is 0 Å². The number of aliphatic carboxylic acids is 1. The molecule has 0 aliphatic heterocycles. The second kappa shape index (κ2) is 9.03. The fourth-order valence-corrected chi connectivity index (χ4v) is 2.95. The number of hydrogen-bond donors (Lipinski definition) is 2. The molecule has 7 nitrogen and oxygen atoms in total. The van der Waals surface area contributed by atoms with Crippen LogP contribution in [0.5, 0.6) is 0 Å². The maximum Gasteiger partial charge on any atom is 0.303 e. The van der Waals surface area contributed by atoms with E-state index in [2.05, 4.69) is 10.3 Å². The van der Waals surface area contributed by atoms with Crippen LogP contribution in [-0.4, -0.2) is 28.0 Å². The molecule has 0 saturated heterocycles. The van der Waals surface area contributed by atoms with Crippen LogP contribution in [0.3, 0.4) is 0 Å². The van der Waals surface area contributed by atoms with E-state index in [1.807, 2.05) is 30.3 Å². The number of carbonyl (C=O) groups is 2. The molecule has 1 atom stereocenters. The second-order valence-corrected chi connectivity index (χ2v) is 6.56. The number of rotatable bonds is 9. The van der Waals surface area contributed by atoms with Crippen LogP contribution in [0, 0.1) is 6.92 Å². The number of hydrogen-bond acceptors (Lipinski definition) is 5. The lowest BCUT2D eigenvalue weighted by Crippen LogP contribution is -2.38. The van der Waals surface area contributed by atoms with Gasteiger partial charge in [0.25, 0.3) is 5.89 Å². The Morgan fingerprint density at radius 1 is 1.18 bits per heavy atom. The molecule has 0 aliphatic carbocycles. The van der Waals surface area contributed by atoms with Crippen LogP contribution in [0.4, 0.5) is 0 Å². The van der Waals surface area contributed by atoms with Crippen LogP contribution in [0.1, 0.15) is 29.9 Å². The molecule has 0 fully saturated rings. The third-order valence-corrected chi connectivity index (χ3v) is 4.35. The van der Waals surface area contributed by atoms with Gasteiger partial charge in [-0.05, 0) is 37.5 Å². The minimum absolute atomic E-state index is 0.0105. The number of furan rings is 1. The van der Waals surface area contributed by atoms with Gasteiger partial charge >= 0.3 is 5.97 Å². The fraction of sp³-hybridized carbons (Fsp3) is 0.286. The Labute approximate surface area is 162 Å². The lowest BCUT2D eigenvalue weighted by atomic mass is 10.0. The smallest absolute Gasteiger partial charge is 0.303 e. The molecule has 1 amide bonds. The summed E-state index contributed by atoms with van der Waals surface area (Å²) in [6, 6.07) is 12.9. The fourth-order valence-electron chi connectivity index (χ4n) is 2.95. The van der Waals surface area contributed by atoms with Gasteiger partial charge in [0.05, 0.1) is 18.4 Å². The maximum atomic E-state index is 12.5. The Morgan fingerprint density at radius 2 is 1.96 bits per heavy atom. The Bertz CT molecular complexity index is 916. The van der Waals surface area contributed by atoms with Crippen LogP contribution in [-0.2, 0) is 22.4 Å². The molecular formula is C21H22N2O5. The molecule has 7 heteroatoms. The van der Waals surface area contributed by atoms with Crippen molar-refractivity contribution < 1.29 is 23.5 Å². The molecule has 3 rings (SSSR count). The molecule has 0 spiro atoms. The van der Waals surface area contributed by atoms with Crippen LogP contribution in [0.25, 0.3) is 11.7 Å². The summed E-state index contributed by atoms with van der Waals surface area (Å²) in [7, 11) is 0. The van der Waals surface area contributed by atoms with E-state index in [0.717, 1.165) is 5.56 Å². The van der Waals surface area contributed by atoms with E-state index >= 15 is 0 Å². The lowest BCUT2D eigenvalue weighted by molar-refractivity contribution is -0.137. The van der Waals surface area contributed by atoms with Crippen molar-refractivity contribution in [3.8, 4) is 11.7 Å². The largest absolute Gasteiger partial charge is 0.481 e. The summed E-state index contributed by atoms with van der Waals surface area (Å²) in [6.45, 7) is 1.74. The van der Waals surface area contributed by atoms with Crippen molar-refractivity contribution in [3.05, 3.63) is 65.7 Å². The zero-order valence-corrected chi connectivity index (χ0v) is 15.6. The van der Waals surface area contributed by atoms with Crippen molar-refractivity contribution in [2.45, 2.75) is 38.6 Å². The minimum atomic E-state index is -0.886. The quantitative estimate of drug-likeness (QED) is 0.588. The summed E-state index contributed by atoms with van der Waals surface area (Å²) in [5.41, 5.74) is 1.57. The third-order valence-electron chi connectivity index (χ3n) is 4.35. The number of carboxylic acids is 1. The van der Waals surface area contributed by atoms with Gasteiger partial charge in [0.1, 0.15) is 5.76 Å². The summed E-state index contributed by atoms with van der Waals surface area (Å²) in [4.78, 5) is 27.8. The van der Waals surface area contributed by atoms with E-state index in [0.29, 0.717) is 35.9 Å². The first kappa shape index (κ1) is 19.4. The molecule has 146 valence electrons. The average Bonchev–Trinajstić information content (AvgIpc) is 3.31. The molecule has 3 aromatic rings. The van der Waals surface area contributed by atoms with Gasteiger partial charge < -0.3 is 19.3 Å². The molecule has 0 aliphatic rings. The predicted molar refractivity (Wildman–Crippen MR) is 102 cm³/mol. The van der Waals surface area contributed by atoms with Gasteiger partial charge in [0, 0.05) is 12.5 Å². The van der Waals surface area contributed by atoms with Gasteiger partial charge in [-0.1, -0.05) is 30.3 Å². The van der Waals surface area contributed by atoms with Crippen molar-refractivity contribution in [2.24, 2.45) is 0 Å². The number of nitrogens with zero attached hydrogens (tertiary/aromatic N) is 1. The summed E-state index contributed by atoms with van der Waals surface area (Å²) < 4.78 is 10.8. The first-order valence-electron chi connectivity index (χ1n) is 9.06. The number of aryl methyl sites for hydroxylation is 1. The maximum absolute atomic E-state index is 12.5. The standard InChI is InChI=1S/C21H22N2O5/c1-14-17(23-21(28-14)18-8-5-11-27-18)13-19(24)22-16(9-10-20(25)26)12-15-6-3-2-4-7-15/h2-8,11,16H,9-10,12-13H2,1H3,(H,22,24)(H,25,26). The van der Waals surface area contributed by atoms with Crippen LogP contribution >= 0.6 is 0 Å². The topological polar surface area (TPSA) is 106 Å². The molecule has 0 saturated carbocycles. The molecule has 1 unspecified atom stereocenters. The summed E-state index contributed by atoms with van der Waals surface area (Å²) >= 11 is 0. The van der Waals surface area contributed by atoms with Crippen LogP contribution in [0.2, 0.25) is 0 Å². The third kappa shape index (κ3) is 5.33. The normalized spacial score (nSPS) is 11.9. The number of carbonyl (C=O) groups excluding carboxylic acids is 1.